The van der Waals surface area contributed by atoms with Crippen LogP contribution in [0.25, 0.3) is 0 Å². The Morgan fingerprint density at radius 2 is 1.90 bits per heavy atom. The lowest BCUT2D eigenvalue weighted by Gasteiger charge is -2.30. The Labute approximate surface area is 127 Å². The average Bonchev–Trinajstić information content (AvgIpc) is 2.76. The Morgan fingerprint density at radius 3 is 2.38 bits per heavy atom. The molecule has 4 nitrogen and oxygen atoms in total. The summed E-state index contributed by atoms with van der Waals surface area (Å²) in [7, 11) is -2.99. The molecular formula is C16H23NO3S. The number of nitrogens with zero attached hydrogens (tertiary/aromatic N) is 1. The van der Waals surface area contributed by atoms with Gasteiger partial charge in [-0.25, -0.2) is 8.42 Å². The predicted molar refractivity (Wildman–Crippen MR) is 84.1 cm³/mol. The van der Waals surface area contributed by atoms with Gasteiger partial charge in [-0.15, -0.1) is 0 Å². The number of amides is 1. The van der Waals surface area contributed by atoms with Gasteiger partial charge in [-0.05, 0) is 31.4 Å². The fourth-order valence-electron chi connectivity index (χ4n) is 2.67. The summed E-state index contributed by atoms with van der Waals surface area (Å²) >= 11 is 0. The maximum atomic E-state index is 12.7. The number of hydrogen-bond acceptors (Lipinski definition) is 3. The lowest BCUT2D eigenvalue weighted by Crippen LogP contribution is -2.43. The second-order valence-corrected chi connectivity index (χ2v) is 8.50. The van der Waals surface area contributed by atoms with E-state index in [0.717, 1.165) is 5.56 Å². The summed E-state index contributed by atoms with van der Waals surface area (Å²) in [6.07, 6.45) is 0.548. The van der Waals surface area contributed by atoms with Gasteiger partial charge in [0.2, 0.25) is 0 Å². The second kappa shape index (κ2) is 6.18. The van der Waals surface area contributed by atoms with E-state index in [1.807, 2.05) is 45.0 Å². The van der Waals surface area contributed by atoms with Crippen LogP contribution in [0.1, 0.15) is 36.2 Å². The first-order valence-corrected chi connectivity index (χ1v) is 9.19. The molecule has 1 fully saturated rings. The van der Waals surface area contributed by atoms with Crippen LogP contribution in [-0.4, -0.2) is 43.3 Å². The van der Waals surface area contributed by atoms with Crippen molar-refractivity contribution in [1.29, 1.82) is 0 Å². The number of carbonyl (C=O) groups is 1. The first-order valence-electron chi connectivity index (χ1n) is 7.36. The molecule has 0 saturated carbocycles. The molecular weight excluding hydrogens is 286 g/mol. The Bertz CT molecular complexity index is 605. The number of aryl methyl sites for hydroxylation is 1. The second-order valence-electron chi connectivity index (χ2n) is 6.27. The van der Waals surface area contributed by atoms with Crippen LogP contribution in [0.3, 0.4) is 0 Å². The van der Waals surface area contributed by atoms with E-state index < -0.39 is 9.84 Å². The molecule has 1 atom stereocenters. The van der Waals surface area contributed by atoms with Crippen LogP contribution in [0.5, 0.6) is 0 Å². The zero-order valence-corrected chi connectivity index (χ0v) is 13.7. The van der Waals surface area contributed by atoms with E-state index >= 15 is 0 Å². The van der Waals surface area contributed by atoms with Gasteiger partial charge in [0.15, 0.2) is 9.84 Å². The minimum atomic E-state index is -2.99. The van der Waals surface area contributed by atoms with Crippen LogP contribution >= 0.6 is 0 Å². The quantitative estimate of drug-likeness (QED) is 0.857. The molecule has 0 N–H and O–H groups in total. The molecule has 1 aromatic rings. The van der Waals surface area contributed by atoms with Crippen molar-refractivity contribution in [1.82, 2.24) is 4.90 Å². The third-order valence-electron chi connectivity index (χ3n) is 3.77. The predicted octanol–water partition coefficient (Wildman–Crippen LogP) is 2.28. The first kappa shape index (κ1) is 16.0. The van der Waals surface area contributed by atoms with Crippen LogP contribution in [0, 0.1) is 12.8 Å². The summed E-state index contributed by atoms with van der Waals surface area (Å²) in [6, 6.07) is 7.26. The summed E-state index contributed by atoms with van der Waals surface area (Å²) < 4.78 is 23.4. The molecule has 0 radical (unpaired) electrons. The fourth-order valence-corrected chi connectivity index (χ4v) is 4.41. The molecule has 116 valence electrons. The Balaban J connectivity index is 2.23. The summed E-state index contributed by atoms with van der Waals surface area (Å²) in [5.74, 6) is 0.526. The lowest BCUT2D eigenvalue weighted by molar-refractivity contribution is 0.0672. The molecule has 21 heavy (non-hydrogen) atoms. The maximum absolute atomic E-state index is 12.7. The summed E-state index contributed by atoms with van der Waals surface area (Å²) in [5.41, 5.74) is 1.73. The zero-order valence-electron chi connectivity index (χ0n) is 12.9. The number of hydrogen-bond donors (Lipinski definition) is 0. The highest BCUT2D eigenvalue weighted by atomic mass is 32.2. The van der Waals surface area contributed by atoms with Gasteiger partial charge in [-0.2, -0.15) is 0 Å². The minimum Gasteiger partial charge on any atom is -0.334 e. The van der Waals surface area contributed by atoms with Gasteiger partial charge in [0.05, 0.1) is 11.5 Å². The normalized spacial score (nSPS) is 20.7. The molecule has 0 aromatic heterocycles. The monoisotopic (exact) mass is 309 g/mol. The van der Waals surface area contributed by atoms with Crippen molar-refractivity contribution in [3.63, 3.8) is 0 Å². The molecule has 1 amide bonds. The highest BCUT2D eigenvalue weighted by molar-refractivity contribution is 7.91. The third kappa shape index (κ3) is 4.06. The van der Waals surface area contributed by atoms with Gasteiger partial charge in [-0.1, -0.05) is 31.5 Å². The lowest BCUT2D eigenvalue weighted by atomic mass is 10.1. The molecule has 1 heterocycles. The largest absolute Gasteiger partial charge is 0.334 e. The number of benzene rings is 1. The number of carbonyl (C=O) groups excluding carboxylic acids is 1. The summed E-state index contributed by atoms with van der Waals surface area (Å²) in [5, 5.41) is 0. The first-order chi connectivity index (χ1) is 9.78. The molecule has 1 aromatic carbocycles. The molecule has 1 aliphatic heterocycles. The van der Waals surface area contributed by atoms with E-state index in [4.69, 9.17) is 0 Å². The fraction of sp³-hybridized carbons (Fsp3) is 0.562. The van der Waals surface area contributed by atoms with Crippen molar-refractivity contribution in [3.8, 4) is 0 Å². The van der Waals surface area contributed by atoms with Gasteiger partial charge in [-0.3, -0.25) is 4.79 Å². The Morgan fingerprint density at radius 1 is 1.29 bits per heavy atom. The maximum Gasteiger partial charge on any atom is 0.254 e. The van der Waals surface area contributed by atoms with Crippen molar-refractivity contribution >= 4 is 15.7 Å². The van der Waals surface area contributed by atoms with E-state index in [2.05, 4.69) is 0 Å². The Hall–Kier alpha value is -1.36. The zero-order chi connectivity index (χ0) is 15.6. The third-order valence-corrected chi connectivity index (χ3v) is 5.52. The topological polar surface area (TPSA) is 54.5 Å². The van der Waals surface area contributed by atoms with Gasteiger partial charge >= 0.3 is 0 Å². The SMILES string of the molecule is Cc1ccc(C(=O)N(CC(C)C)[C@@H]2CCS(=O)(=O)C2)cc1. The van der Waals surface area contributed by atoms with Crippen molar-refractivity contribution in [2.45, 2.75) is 33.2 Å². The molecule has 0 unspecified atom stereocenters. The van der Waals surface area contributed by atoms with Crippen LogP contribution < -0.4 is 0 Å². The number of sulfone groups is 1. The number of rotatable bonds is 4. The molecule has 0 bridgehead atoms. The molecule has 5 heteroatoms. The summed E-state index contributed by atoms with van der Waals surface area (Å²) in [6.45, 7) is 6.65. The smallest absolute Gasteiger partial charge is 0.254 e. The average molecular weight is 309 g/mol. The minimum absolute atomic E-state index is 0.0641. The van der Waals surface area contributed by atoms with Crippen LogP contribution in [0.2, 0.25) is 0 Å². The molecule has 0 aliphatic carbocycles. The van der Waals surface area contributed by atoms with E-state index in [0.29, 0.717) is 24.4 Å². The van der Waals surface area contributed by atoms with Gasteiger partial charge in [0.1, 0.15) is 0 Å². The van der Waals surface area contributed by atoms with E-state index in [9.17, 15) is 13.2 Å². The van der Waals surface area contributed by atoms with Gasteiger partial charge in [0, 0.05) is 18.2 Å². The molecule has 2 rings (SSSR count). The van der Waals surface area contributed by atoms with Crippen LogP contribution in [0.4, 0.5) is 0 Å². The van der Waals surface area contributed by atoms with E-state index in [1.54, 1.807) is 4.90 Å². The Kier molecular flexibility index (Phi) is 4.71. The van der Waals surface area contributed by atoms with E-state index in [1.165, 1.54) is 0 Å². The van der Waals surface area contributed by atoms with Crippen molar-refractivity contribution in [3.05, 3.63) is 35.4 Å². The molecule has 1 aliphatic rings. The van der Waals surface area contributed by atoms with E-state index in [-0.39, 0.29) is 23.5 Å². The van der Waals surface area contributed by atoms with Crippen molar-refractivity contribution in [2.24, 2.45) is 5.92 Å². The highest BCUT2D eigenvalue weighted by Crippen LogP contribution is 2.21. The van der Waals surface area contributed by atoms with Gasteiger partial charge in [0.25, 0.3) is 5.91 Å². The highest BCUT2D eigenvalue weighted by Gasteiger charge is 2.35. The summed E-state index contributed by atoms with van der Waals surface area (Å²) in [4.78, 5) is 14.5. The molecule has 1 saturated heterocycles. The van der Waals surface area contributed by atoms with Crippen LogP contribution in [0.15, 0.2) is 24.3 Å². The van der Waals surface area contributed by atoms with Gasteiger partial charge < -0.3 is 4.90 Å². The van der Waals surface area contributed by atoms with Crippen LogP contribution in [-0.2, 0) is 9.84 Å². The van der Waals surface area contributed by atoms with Crippen molar-refractivity contribution < 1.29 is 13.2 Å². The molecule has 0 spiro atoms. The standard InChI is InChI=1S/C16H23NO3S/c1-12(2)10-17(15-8-9-21(19,20)11-15)16(18)14-6-4-13(3)5-7-14/h4-7,12,15H,8-11H2,1-3H3/t15-/m1/s1. The van der Waals surface area contributed by atoms with Crippen molar-refractivity contribution in [2.75, 3.05) is 18.1 Å².